The highest BCUT2D eigenvalue weighted by Crippen LogP contribution is 2.15. The smallest absolute Gasteiger partial charge is 0.274 e. The van der Waals surface area contributed by atoms with E-state index in [-0.39, 0.29) is 11.4 Å². The van der Waals surface area contributed by atoms with Crippen molar-refractivity contribution < 1.29 is 9.18 Å². The molecule has 0 aliphatic rings. The third-order valence-electron chi connectivity index (χ3n) is 3.60. The molecule has 2 aromatic carbocycles. The third-order valence-corrected chi connectivity index (χ3v) is 3.60. The molecule has 25 heavy (non-hydrogen) atoms. The van der Waals surface area contributed by atoms with Crippen molar-refractivity contribution >= 4 is 17.5 Å². The van der Waals surface area contributed by atoms with Crippen molar-refractivity contribution in [1.29, 1.82) is 0 Å². The number of para-hydroxylation sites is 1. The Kier molecular flexibility index (Phi) is 4.99. The van der Waals surface area contributed by atoms with Crippen LogP contribution < -0.4 is 10.2 Å². The number of aromatic nitrogens is 2. The van der Waals surface area contributed by atoms with Crippen LogP contribution in [0.2, 0.25) is 0 Å². The molecule has 0 atom stereocenters. The van der Waals surface area contributed by atoms with Gasteiger partial charge >= 0.3 is 0 Å². The van der Waals surface area contributed by atoms with Gasteiger partial charge in [0.1, 0.15) is 11.5 Å². The van der Waals surface area contributed by atoms with E-state index in [0.717, 1.165) is 5.56 Å². The Morgan fingerprint density at radius 2 is 1.80 bits per heavy atom. The molecule has 1 N–H and O–H groups in total. The molecule has 0 fully saturated rings. The maximum absolute atomic E-state index is 13.7. The second-order valence-corrected chi connectivity index (χ2v) is 5.52. The Bertz CT molecular complexity index is 870. The first kappa shape index (κ1) is 16.6. The first-order valence-corrected chi connectivity index (χ1v) is 7.77. The second-order valence-electron chi connectivity index (χ2n) is 5.52. The van der Waals surface area contributed by atoms with Gasteiger partial charge in [-0.1, -0.05) is 42.5 Å². The molecule has 0 aliphatic carbocycles. The van der Waals surface area contributed by atoms with Crippen molar-refractivity contribution in [1.82, 2.24) is 9.97 Å². The van der Waals surface area contributed by atoms with Crippen LogP contribution in [-0.2, 0) is 6.54 Å². The van der Waals surface area contributed by atoms with Crippen LogP contribution >= 0.6 is 0 Å². The van der Waals surface area contributed by atoms with E-state index in [4.69, 9.17) is 0 Å². The molecule has 1 amide bonds. The lowest BCUT2D eigenvalue weighted by molar-refractivity contribution is 0.102. The molecule has 0 unspecified atom stereocenters. The van der Waals surface area contributed by atoms with Crippen molar-refractivity contribution in [3.05, 3.63) is 83.9 Å². The maximum atomic E-state index is 13.7. The molecule has 3 rings (SSSR count). The number of nitrogens with zero attached hydrogens (tertiary/aromatic N) is 3. The van der Waals surface area contributed by atoms with Crippen molar-refractivity contribution in [2.24, 2.45) is 0 Å². The number of benzene rings is 2. The van der Waals surface area contributed by atoms with Crippen LogP contribution in [0, 0.1) is 5.82 Å². The molecule has 0 saturated carbocycles. The van der Waals surface area contributed by atoms with Crippen LogP contribution in [-0.4, -0.2) is 22.9 Å². The minimum absolute atomic E-state index is 0.116. The number of amides is 1. The van der Waals surface area contributed by atoms with Crippen LogP contribution in [0.15, 0.2) is 66.9 Å². The number of hydrogen-bond donors (Lipinski definition) is 1. The normalized spacial score (nSPS) is 10.3. The molecule has 126 valence electrons. The fourth-order valence-corrected chi connectivity index (χ4v) is 2.34. The van der Waals surface area contributed by atoms with E-state index in [0.29, 0.717) is 12.5 Å². The zero-order valence-corrected chi connectivity index (χ0v) is 13.7. The topological polar surface area (TPSA) is 58.1 Å². The summed E-state index contributed by atoms with van der Waals surface area (Å²) in [4.78, 5) is 22.6. The quantitative estimate of drug-likeness (QED) is 0.775. The predicted molar refractivity (Wildman–Crippen MR) is 94.9 cm³/mol. The SMILES string of the molecule is CN(Cc1ccccc1)c1nccc(C(=O)Nc2ccccc2F)n1. The van der Waals surface area contributed by atoms with Gasteiger partial charge in [0.05, 0.1) is 5.69 Å². The molecule has 0 bridgehead atoms. The van der Waals surface area contributed by atoms with E-state index < -0.39 is 11.7 Å². The van der Waals surface area contributed by atoms with Gasteiger partial charge < -0.3 is 10.2 Å². The Labute approximate surface area is 145 Å². The Hall–Kier alpha value is -3.28. The van der Waals surface area contributed by atoms with E-state index in [2.05, 4.69) is 15.3 Å². The first-order valence-electron chi connectivity index (χ1n) is 7.77. The van der Waals surface area contributed by atoms with Gasteiger partial charge in [0, 0.05) is 19.8 Å². The van der Waals surface area contributed by atoms with E-state index in [1.807, 2.05) is 42.3 Å². The minimum Gasteiger partial charge on any atom is -0.340 e. The summed E-state index contributed by atoms with van der Waals surface area (Å²) in [5.74, 6) is -0.557. The summed E-state index contributed by atoms with van der Waals surface area (Å²) in [6, 6.07) is 17.4. The van der Waals surface area contributed by atoms with Crippen molar-refractivity contribution in [3.63, 3.8) is 0 Å². The van der Waals surface area contributed by atoms with E-state index >= 15 is 0 Å². The van der Waals surface area contributed by atoms with Crippen molar-refractivity contribution in [3.8, 4) is 0 Å². The predicted octanol–water partition coefficient (Wildman–Crippen LogP) is 3.50. The lowest BCUT2D eigenvalue weighted by atomic mass is 10.2. The van der Waals surface area contributed by atoms with Crippen LogP contribution in [0.5, 0.6) is 0 Å². The third kappa shape index (κ3) is 4.17. The van der Waals surface area contributed by atoms with Gasteiger partial charge in [-0.15, -0.1) is 0 Å². The summed E-state index contributed by atoms with van der Waals surface area (Å²) in [6.07, 6.45) is 1.51. The molecule has 0 saturated heterocycles. The molecule has 1 aromatic heterocycles. The van der Waals surface area contributed by atoms with Crippen molar-refractivity contribution in [2.75, 3.05) is 17.3 Å². The van der Waals surface area contributed by atoms with E-state index in [9.17, 15) is 9.18 Å². The molecule has 5 nitrogen and oxygen atoms in total. The highest BCUT2D eigenvalue weighted by Gasteiger charge is 2.13. The zero-order chi connectivity index (χ0) is 17.6. The zero-order valence-electron chi connectivity index (χ0n) is 13.7. The number of carbonyl (C=O) groups is 1. The largest absolute Gasteiger partial charge is 0.340 e. The molecule has 1 heterocycles. The summed E-state index contributed by atoms with van der Waals surface area (Å²) in [7, 11) is 1.85. The van der Waals surface area contributed by atoms with E-state index in [1.165, 1.54) is 24.4 Å². The molecular weight excluding hydrogens is 319 g/mol. The maximum Gasteiger partial charge on any atom is 0.274 e. The Morgan fingerprint density at radius 1 is 1.08 bits per heavy atom. The lowest BCUT2D eigenvalue weighted by Gasteiger charge is -2.17. The number of nitrogens with one attached hydrogen (secondary N) is 1. The Balaban J connectivity index is 1.74. The second kappa shape index (κ2) is 7.53. The van der Waals surface area contributed by atoms with Gasteiger partial charge in [-0.3, -0.25) is 4.79 Å². The number of halogens is 1. The van der Waals surface area contributed by atoms with Gasteiger partial charge in [0.25, 0.3) is 5.91 Å². The summed E-state index contributed by atoms with van der Waals surface area (Å²) >= 11 is 0. The summed E-state index contributed by atoms with van der Waals surface area (Å²) in [6.45, 7) is 0.610. The molecule has 3 aromatic rings. The number of carbonyl (C=O) groups excluding carboxylic acids is 1. The van der Waals surface area contributed by atoms with Gasteiger partial charge in [-0.25, -0.2) is 14.4 Å². The lowest BCUT2D eigenvalue weighted by Crippen LogP contribution is -2.21. The average Bonchev–Trinajstić information content (AvgIpc) is 2.64. The van der Waals surface area contributed by atoms with Crippen LogP contribution in [0.4, 0.5) is 16.0 Å². The summed E-state index contributed by atoms with van der Waals surface area (Å²) in [5, 5.41) is 2.52. The van der Waals surface area contributed by atoms with Crippen molar-refractivity contribution in [2.45, 2.75) is 6.54 Å². The summed E-state index contributed by atoms with van der Waals surface area (Å²) in [5.41, 5.74) is 1.40. The van der Waals surface area contributed by atoms with Crippen LogP contribution in [0.25, 0.3) is 0 Å². The van der Waals surface area contributed by atoms with Gasteiger partial charge in [0.2, 0.25) is 5.95 Å². The molecule has 0 aliphatic heterocycles. The Morgan fingerprint density at radius 3 is 2.56 bits per heavy atom. The van der Waals surface area contributed by atoms with Gasteiger partial charge in [0.15, 0.2) is 0 Å². The highest BCUT2D eigenvalue weighted by atomic mass is 19.1. The fraction of sp³-hybridized carbons (Fsp3) is 0.105. The van der Waals surface area contributed by atoms with E-state index in [1.54, 1.807) is 12.1 Å². The summed E-state index contributed by atoms with van der Waals surface area (Å²) < 4.78 is 13.7. The molecule has 0 spiro atoms. The van der Waals surface area contributed by atoms with Gasteiger partial charge in [-0.2, -0.15) is 0 Å². The monoisotopic (exact) mass is 336 g/mol. The first-order chi connectivity index (χ1) is 12.1. The molecule has 6 heteroatoms. The molecular formula is C19H17FN4O. The van der Waals surface area contributed by atoms with Gasteiger partial charge in [-0.05, 0) is 23.8 Å². The van der Waals surface area contributed by atoms with Crippen LogP contribution in [0.3, 0.4) is 0 Å². The number of hydrogen-bond acceptors (Lipinski definition) is 4. The fourth-order valence-electron chi connectivity index (χ4n) is 2.34. The average molecular weight is 336 g/mol. The number of anilines is 2. The van der Waals surface area contributed by atoms with Crippen LogP contribution in [0.1, 0.15) is 16.1 Å². The highest BCUT2D eigenvalue weighted by molar-refractivity contribution is 6.03. The number of rotatable bonds is 5. The minimum atomic E-state index is -0.494. The molecule has 0 radical (unpaired) electrons. The standard InChI is InChI=1S/C19H17FN4O/c1-24(13-14-7-3-2-4-8-14)19-21-12-11-17(23-19)18(25)22-16-10-6-5-9-15(16)20/h2-12H,13H2,1H3,(H,22,25).